The van der Waals surface area contributed by atoms with Crippen LogP contribution >= 0.6 is 0 Å². The lowest BCUT2D eigenvalue weighted by molar-refractivity contribution is -0.126. The lowest BCUT2D eigenvalue weighted by Crippen LogP contribution is -2.50. The van der Waals surface area contributed by atoms with Crippen molar-refractivity contribution in [2.75, 3.05) is 24.6 Å². The van der Waals surface area contributed by atoms with Crippen LogP contribution in [0, 0.1) is 0 Å². The number of carbonyl (C=O) groups is 1. The number of rotatable bonds is 1. The minimum absolute atomic E-state index is 0.00856. The molecule has 0 bridgehead atoms. The number of ketones is 1. The molecule has 0 N–H and O–H groups in total. The van der Waals surface area contributed by atoms with E-state index in [0.717, 1.165) is 19.3 Å². The number of nitrogens with zero attached hydrogens (tertiary/aromatic N) is 1. The van der Waals surface area contributed by atoms with E-state index >= 15 is 0 Å². The molecule has 2 aliphatic rings. The molecule has 1 aliphatic heterocycles. The molecule has 2 fully saturated rings. The Morgan fingerprint density at radius 1 is 1.13 bits per heavy atom. The van der Waals surface area contributed by atoms with Crippen molar-refractivity contribution < 1.29 is 13.2 Å². The van der Waals surface area contributed by atoms with Gasteiger partial charge in [0.1, 0.15) is 5.78 Å². The molecule has 1 saturated carbocycles. The fourth-order valence-corrected chi connectivity index (χ4v) is 3.62. The molecule has 15 heavy (non-hydrogen) atoms. The summed E-state index contributed by atoms with van der Waals surface area (Å²) < 4.78 is 22.5. The Balaban J connectivity index is 1.97. The average Bonchev–Trinajstić information content (AvgIpc) is 2.19. The van der Waals surface area contributed by atoms with Crippen molar-refractivity contribution >= 4 is 15.6 Å². The summed E-state index contributed by atoms with van der Waals surface area (Å²) in [6.45, 7) is 1.08. The second kappa shape index (κ2) is 4.22. The Bertz CT molecular complexity index is 336. The van der Waals surface area contributed by atoms with Gasteiger partial charge in [-0.15, -0.1) is 0 Å². The lowest BCUT2D eigenvalue weighted by Gasteiger charge is -2.35. The maximum Gasteiger partial charge on any atom is 0.152 e. The molecule has 0 aromatic rings. The van der Waals surface area contributed by atoms with Gasteiger partial charge >= 0.3 is 0 Å². The topological polar surface area (TPSA) is 54.5 Å². The van der Waals surface area contributed by atoms with Gasteiger partial charge in [0.25, 0.3) is 0 Å². The zero-order valence-corrected chi connectivity index (χ0v) is 9.63. The first-order chi connectivity index (χ1) is 7.08. The number of hydrogen-bond donors (Lipinski definition) is 0. The van der Waals surface area contributed by atoms with Gasteiger partial charge in [0, 0.05) is 19.5 Å². The molecule has 0 spiro atoms. The van der Waals surface area contributed by atoms with Gasteiger partial charge in [-0.2, -0.15) is 0 Å². The molecule has 2 rings (SSSR count). The first kappa shape index (κ1) is 11.1. The van der Waals surface area contributed by atoms with Gasteiger partial charge in [0.15, 0.2) is 9.84 Å². The van der Waals surface area contributed by atoms with Crippen LogP contribution in [0.5, 0.6) is 0 Å². The first-order valence-electron chi connectivity index (χ1n) is 5.56. The third-order valence-corrected chi connectivity index (χ3v) is 4.95. The highest BCUT2D eigenvalue weighted by atomic mass is 32.2. The molecule has 0 radical (unpaired) electrons. The predicted molar refractivity (Wildman–Crippen MR) is 57.5 cm³/mol. The van der Waals surface area contributed by atoms with Crippen molar-refractivity contribution in [3.05, 3.63) is 0 Å². The Kier molecular flexibility index (Phi) is 3.11. The van der Waals surface area contributed by atoms with Crippen LogP contribution in [0.2, 0.25) is 0 Å². The number of hydrogen-bond acceptors (Lipinski definition) is 4. The smallest absolute Gasteiger partial charge is 0.152 e. The minimum atomic E-state index is -2.82. The standard InChI is InChI=1S/C10H17NO3S/c12-10-4-2-1-3-9(10)11-5-7-15(13,14)8-6-11/h9H,1-8H2/t9-/m1/s1. The van der Waals surface area contributed by atoms with Gasteiger partial charge in [-0.05, 0) is 12.8 Å². The molecule has 86 valence electrons. The minimum Gasteiger partial charge on any atom is -0.298 e. The molecule has 0 amide bonds. The molecule has 4 nitrogen and oxygen atoms in total. The van der Waals surface area contributed by atoms with Crippen molar-refractivity contribution in [2.45, 2.75) is 31.7 Å². The van der Waals surface area contributed by atoms with Gasteiger partial charge in [-0.25, -0.2) is 8.42 Å². The average molecular weight is 231 g/mol. The van der Waals surface area contributed by atoms with Crippen LogP contribution < -0.4 is 0 Å². The van der Waals surface area contributed by atoms with Crippen molar-refractivity contribution in [3.8, 4) is 0 Å². The number of Topliss-reactive ketones (excluding diaryl/α,β-unsaturated/α-hetero) is 1. The third kappa shape index (κ3) is 2.58. The monoisotopic (exact) mass is 231 g/mol. The summed E-state index contributed by atoms with van der Waals surface area (Å²) >= 11 is 0. The number of carbonyl (C=O) groups excluding carboxylic acids is 1. The third-order valence-electron chi connectivity index (χ3n) is 3.34. The van der Waals surface area contributed by atoms with E-state index in [2.05, 4.69) is 4.90 Å². The van der Waals surface area contributed by atoms with Crippen LogP contribution in [0.1, 0.15) is 25.7 Å². The van der Waals surface area contributed by atoms with Gasteiger partial charge in [0.2, 0.25) is 0 Å². The molecule has 0 aromatic carbocycles. The zero-order valence-electron chi connectivity index (χ0n) is 8.81. The van der Waals surface area contributed by atoms with Gasteiger partial charge in [-0.3, -0.25) is 9.69 Å². The molecule has 1 aliphatic carbocycles. The van der Waals surface area contributed by atoms with Crippen LogP contribution in [-0.4, -0.2) is 49.7 Å². The molecule has 0 aromatic heterocycles. The van der Waals surface area contributed by atoms with Crippen LogP contribution in [0.25, 0.3) is 0 Å². The van der Waals surface area contributed by atoms with E-state index in [1.165, 1.54) is 0 Å². The summed E-state index contributed by atoms with van der Waals surface area (Å²) in [7, 11) is -2.82. The first-order valence-corrected chi connectivity index (χ1v) is 7.38. The van der Waals surface area contributed by atoms with Gasteiger partial charge < -0.3 is 0 Å². The molecular weight excluding hydrogens is 214 g/mol. The summed E-state index contributed by atoms with van der Waals surface area (Å²) in [6.07, 6.45) is 3.69. The van der Waals surface area contributed by atoms with E-state index in [-0.39, 0.29) is 17.5 Å². The van der Waals surface area contributed by atoms with E-state index in [4.69, 9.17) is 0 Å². The Hall–Kier alpha value is -0.420. The normalized spacial score (nSPS) is 32.8. The van der Waals surface area contributed by atoms with Crippen molar-refractivity contribution in [1.82, 2.24) is 4.90 Å². The van der Waals surface area contributed by atoms with Crippen LogP contribution in [-0.2, 0) is 14.6 Å². The molecule has 5 heteroatoms. The van der Waals surface area contributed by atoms with Crippen LogP contribution in [0.4, 0.5) is 0 Å². The summed E-state index contributed by atoms with van der Waals surface area (Å²) in [5.74, 6) is 0.744. The number of sulfone groups is 1. The summed E-state index contributed by atoms with van der Waals surface area (Å²) in [6, 6.07) is 0.00856. The van der Waals surface area contributed by atoms with E-state index in [9.17, 15) is 13.2 Å². The molecule has 0 unspecified atom stereocenters. The molecule has 1 saturated heterocycles. The summed E-state index contributed by atoms with van der Waals surface area (Å²) in [5.41, 5.74) is 0. The largest absolute Gasteiger partial charge is 0.298 e. The van der Waals surface area contributed by atoms with Crippen LogP contribution in [0.15, 0.2) is 0 Å². The molecule has 1 atom stereocenters. The quantitative estimate of drug-likeness (QED) is 0.648. The maximum absolute atomic E-state index is 11.7. The second-order valence-electron chi connectivity index (χ2n) is 4.42. The van der Waals surface area contributed by atoms with E-state index in [0.29, 0.717) is 25.3 Å². The van der Waals surface area contributed by atoms with Crippen molar-refractivity contribution in [2.24, 2.45) is 0 Å². The van der Waals surface area contributed by atoms with E-state index in [1.807, 2.05) is 0 Å². The van der Waals surface area contributed by atoms with Crippen molar-refractivity contribution in [3.63, 3.8) is 0 Å². The van der Waals surface area contributed by atoms with Crippen LogP contribution in [0.3, 0.4) is 0 Å². The fourth-order valence-electron chi connectivity index (χ4n) is 2.39. The summed E-state index contributed by atoms with van der Waals surface area (Å²) in [5, 5.41) is 0. The Labute approximate surface area is 90.6 Å². The highest BCUT2D eigenvalue weighted by molar-refractivity contribution is 7.91. The zero-order chi connectivity index (χ0) is 10.9. The van der Waals surface area contributed by atoms with Gasteiger partial charge in [-0.1, -0.05) is 6.42 Å². The van der Waals surface area contributed by atoms with E-state index in [1.54, 1.807) is 0 Å². The van der Waals surface area contributed by atoms with Gasteiger partial charge in [0.05, 0.1) is 17.5 Å². The highest BCUT2D eigenvalue weighted by Crippen LogP contribution is 2.21. The summed E-state index contributed by atoms with van der Waals surface area (Å²) in [4.78, 5) is 13.7. The highest BCUT2D eigenvalue weighted by Gasteiger charge is 2.32. The second-order valence-corrected chi connectivity index (χ2v) is 6.72. The van der Waals surface area contributed by atoms with Crippen molar-refractivity contribution in [1.29, 1.82) is 0 Å². The SMILES string of the molecule is O=C1CCCC[C@H]1N1CCS(=O)(=O)CC1. The molecular formula is C10H17NO3S. The lowest BCUT2D eigenvalue weighted by atomic mass is 9.93. The fraction of sp³-hybridized carbons (Fsp3) is 0.900. The Morgan fingerprint density at radius 3 is 2.40 bits per heavy atom. The van der Waals surface area contributed by atoms with E-state index < -0.39 is 9.84 Å². The Morgan fingerprint density at radius 2 is 1.80 bits per heavy atom. The maximum atomic E-state index is 11.7. The predicted octanol–water partition coefficient (Wildman–Crippen LogP) is 0.229. The molecule has 1 heterocycles.